The maximum Gasteiger partial charge on any atom is 0.308 e. The highest BCUT2D eigenvalue weighted by Crippen LogP contribution is 2.33. The Labute approximate surface area is 83.8 Å². The highest BCUT2D eigenvalue weighted by atomic mass is 35.5. The monoisotopic (exact) mass is 222 g/mol. The minimum atomic E-state index is 0.297. The van der Waals surface area contributed by atoms with Gasteiger partial charge >= 0.3 is 5.08 Å². The third-order valence-corrected chi connectivity index (χ3v) is 1.98. The quantitative estimate of drug-likeness (QED) is 0.581. The number of hydrogen-bond acceptors (Lipinski definition) is 2. The van der Waals surface area contributed by atoms with Gasteiger partial charge in [0.25, 0.3) is 5.39 Å². The normalized spacial score (nSPS) is 9.17. The van der Waals surface area contributed by atoms with Gasteiger partial charge in [0.15, 0.2) is 5.69 Å². The molecule has 0 fully saturated rings. The molecule has 0 saturated carbocycles. The van der Waals surface area contributed by atoms with Crippen molar-refractivity contribution in [3.63, 3.8) is 0 Å². The van der Waals surface area contributed by atoms with Crippen LogP contribution >= 0.6 is 34.8 Å². The smallest absolute Gasteiger partial charge is 0.0842 e. The summed E-state index contributed by atoms with van der Waals surface area (Å²) in [7, 11) is 0. The van der Waals surface area contributed by atoms with Crippen molar-refractivity contribution in [1.29, 1.82) is 5.39 Å². The molecule has 0 aliphatic rings. The summed E-state index contributed by atoms with van der Waals surface area (Å²) in [6.07, 6.45) is 0. The molecule has 0 amide bonds. The predicted molar refractivity (Wildman–Crippen MR) is 50.2 cm³/mol. The van der Waals surface area contributed by atoms with Crippen LogP contribution in [0.25, 0.3) is 5.08 Å². The number of nitrogens with zero attached hydrogens (tertiary/aromatic N) is 2. The van der Waals surface area contributed by atoms with E-state index in [-0.39, 0.29) is 0 Å². The zero-order valence-corrected chi connectivity index (χ0v) is 7.95. The van der Waals surface area contributed by atoms with Gasteiger partial charge in [0.05, 0.1) is 10.0 Å². The maximum absolute atomic E-state index is 8.20. The third kappa shape index (κ3) is 1.92. The first-order chi connectivity index (χ1) is 5.65. The molecule has 1 aromatic carbocycles. The molecule has 0 radical (unpaired) electrons. The van der Waals surface area contributed by atoms with Crippen molar-refractivity contribution >= 4 is 40.5 Å². The largest absolute Gasteiger partial charge is 0.308 e. The minimum absolute atomic E-state index is 0.297. The molecule has 0 saturated heterocycles. The fourth-order valence-electron chi connectivity index (χ4n) is 0.699. The lowest BCUT2D eigenvalue weighted by Gasteiger charge is -1.98. The van der Waals surface area contributed by atoms with E-state index in [1.54, 1.807) is 0 Å². The molecule has 3 nitrogen and oxygen atoms in total. The molecule has 62 valence electrons. The molecule has 0 atom stereocenters. The van der Waals surface area contributed by atoms with Gasteiger partial charge in [-0.1, -0.05) is 34.8 Å². The van der Waals surface area contributed by atoms with Crippen LogP contribution in [0.3, 0.4) is 0 Å². The predicted octanol–water partition coefficient (Wildman–Crippen LogP) is 3.83. The van der Waals surface area contributed by atoms with Crippen molar-refractivity contribution in [1.82, 2.24) is 0 Å². The van der Waals surface area contributed by atoms with E-state index < -0.39 is 0 Å². The Morgan fingerprint density at radius 3 is 2.08 bits per heavy atom. The average molecular weight is 223 g/mol. The Kier molecular flexibility index (Phi) is 2.99. The van der Waals surface area contributed by atoms with Gasteiger partial charge < -0.3 is 0 Å². The van der Waals surface area contributed by atoms with Gasteiger partial charge in [-0.3, -0.25) is 0 Å². The van der Waals surface area contributed by atoms with Crippen molar-refractivity contribution in [2.24, 2.45) is 0 Å². The second-order valence-electron chi connectivity index (χ2n) is 1.96. The van der Waals surface area contributed by atoms with Gasteiger partial charge in [-0.25, -0.2) is 0 Å². The van der Waals surface area contributed by atoms with Crippen LogP contribution in [0.1, 0.15) is 0 Å². The second-order valence-corrected chi connectivity index (χ2v) is 3.21. The van der Waals surface area contributed by atoms with Crippen molar-refractivity contribution in [3.8, 4) is 0 Å². The molecule has 12 heavy (non-hydrogen) atoms. The highest BCUT2D eigenvalue weighted by Gasteiger charge is 2.11. The van der Waals surface area contributed by atoms with E-state index in [4.69, 9.17) is 40.2 Å². The van der Waals surface area contributed by atoms with E-state index in [9.17, 15) is 0 Å². The summed E-state index contributed by atoms with van der Waals surface area (Å²) in [5, 5.41) is 11.9. The van der Waals surface area contributed by atoms with Gasteiger partial charge in [-0.15, -0.1) is 0 Å². The number of rotatable bonds is 1. The lowest BCUT2D eigenvalue weighted by molar-refractivity contribution is 1.39. The molecule has 0 unspecified atom stereocenters. The summed E-state index contributed by atoms with van der Waals surface area (Å²) >= 11 is 17.1. The van der Waals surface area contributed by atoms with Crippen LogP contribution in [0.5, 0.6) is 0 Å². The van der Waals surface area contributed by atoms with Crippen LogP contribution in [-0.2, 0) is 0 Å². The van der Waals surface area contributed by atoms with Crippen LogP contribution in [0.15, 0.2) is 12.1 Å². The van der Waals surface area contributed by atoms with Gasteiger partial charge in [-0.05, 0) is 17.6 Å². The topological polar surface area (TPSA) is 40.2 Å². The number of benzene rings is 1. The van der Waals surface area contributed by atoms with Crippen LogP contribution in [-0.4, -0.2) is 0 Å². The molecule has 0 heterocycles. The molecular weight excluding hydrogens is 220 g/mol. The fraction of sp³-hybridized carbons (Fsp3) is 0. The van der Waals surface area contributed by atoms with Crippen LogP contribution in [0.2, 0.25) is 15.1 Å². The van der Waals surface area contributed by atoms with Crippen molar-refractivity contribution in [2.75, 3.05) is 5.43 Å². The van der Waals surface area contributed by atoms with Crippen molar-refractivity contribution < 1.29 is 0 Å². The summed E-state index contributed by atoms with van der Waals surface area (Å²) in [5.41, 5.74) is 2.55. The van der Waals surface area contributed by atoms with Crippen LogP contribution in [0.4, 0.5) is 5.69 Å². The molecule has 0 aromatic heterocycles. The summed E-state index contributed by atoms with van der Waals surface area (Å²) in [5.74, 6) is 0. The van der Waals surface area contributed by atoms with E-state index in [0.717, 1.165) is 0 Å². The summed E-state index contributed by atoms with van der Waals surface area (Å²) in [6.45, 7) is 0. The van der Waals surface area contributed by atoms with Gasteiger partial charge in [0.1, 0.15) is 0 Å². The SMILES string of the molecule is N#[N+]Nc1c(Cl)cc(Cl)cc1Cl. The van der Waals surface area contributed by atoms with Crippen molar-refractivity contribution in [3.05, 3.63) is 32.3 Å². The van der Waals surface area contributed by atoms with Crippen molar-refractivity contribution in [2.45, 2.75) is 0 Å². The minimum Gasteiger partial charge on any atom is -0.0842 e. The van der Waals surface area contributed by atoms with E-state index in [0.29, 0.717) is 20.8 Å². The second kappa shape index (κ2) is 3.81. The van der Waals surface area contributed by atoms with E-state index >= 15 is 0 Å². The van der Waals surface area contributed by atoms with E-state index in [1.165, 1.54) is 12.1 Å². The van der Waals surface area contributed by atoms with E-state index in [1.807, 2.05) is 0 Å². The van der Waals surface area contributed by atoms with Gasteiger partial charge in [0.2, 0.25) is 0 Å². The molecule has 0 bridgehead atoms. The number of hydrogen-bond donors (Lipinski definition) is 1. The molecule has 0 spiro atoms. The summed E-state index contributed by atoms with van der Waals surface area (Å²) in [6, 6.07) is 2.98. The number of halogens is 3. The molecule has 6 heteroatoms. The first kappa shape index (κ1) is 9.40. The first-order valence-corrected chi connectivity index (χ1v) is 4.03. The Bertz CT molecular complexity index is 321. The summed E-state index contributed by atoms with van der Waals surface area (Å²) in [4.78, 5) is 0. The fourth-order valence-corrected chi connectivity index (χ4v) is 1.60. The molecule has 1 N–H and O–H groups in total. The lowest BCUT2D eigenvalue weighted by atomic mass is 10.3. The summed E-state index contributed by atoms with van der Waals surface area (Å²) < 4.78 is 0. The van der Waals surface area contributed by atoms with Crippen LogP contribution < -0.4 is 5.43 Å². The third-order valence-electron chi connectivity index (χ3n) is 1.17. The van der Waals surface area contributed by atoms with Crippen LogP contribution in [0, 0.1) is 5.39 Å². The van der Waals surface area contributed by atoms with E-state index in [2.05, 4.69) is 10.5 Å². The average Bonchev–Trinajstić information content (AvgIpc) is 1.96. The molecule has 1 rings (SSSR count). The Morgan fingerprint density at radius 2 is 1.67 bits per heavy atom. The first-order valence-electron chi connectivity index (χ1n) is 2.90. The number of nitrogens with one attached hydrogen (secondary N) is 1. The zero-order chi connectivity index (χ0) is 9.14. The molecule has 0 aliphatic heterocycles. The van der Waals surface area contributed by atoms with Gasteiger partial charge in [-0.2, -0.15) is 0 Å². The zero-order valence-electron chi connectivity index (χ0n) is 5.68. The molecule has 1 aromatic rings. The number of diazo groups is 1. The molecule has 0 aliphatic carbocycles. The number of anilines is 1. The van der Waals surface area contributed by atoms with Gasteiger partial charge in [0, 0.05) is 5.02 Å². The standard InChI is InChI=1S/C6H3Cl3N3/c7-3-1-4(8)6(11-12-10)5(9)2-3/h1-2,11H/q+1. The maximum atomic E-state index is 8.20. The lowest BCUT2D eigenvalue weighted by Crippen LogP contribution is -1.86. The Hall–Kier alpha value is -0.690. The Morgan fingerprint density at radius 1 is 1.17 bits per heavy atom. The highest BCUT2D eigenvalue weighted by molar-refractivity contribution is 6.41. The molecular formula is C6H3Cl3N3+. The Balaban J connectivity index is 3.21.